The number of fused-ring (bicyclic) bond motifs is 2. The Labute approximate surface area is 206 Å². The van der Waals surface area contributed by atoms with E-state index in [9.17, 15) is 14.9 Å². The van der Waals surface area contributed by atoms with E-state index in [0.717, 1.165) is 30.7 Å². The van der Waals surface area contributed by atoms with Crippen molar-refractivity contribution in [1.29, 1.82) is 10.5 Å². The van der Waals surface area contributed by atoms with Gasteiger partial charge in [-0.15, -0.1) is 11.3 Å². The average Bonchev–Trinajstić information content (AvgIpc) is 3.51. The van der Waals surface area contributed by atoms with Crippen molar-refractivity contribution < 1.29 is 9.13 Å². The van der Waals surface area contributed by atoms with E-state index in [1.54, 1.807) is 11.4 Å². The number of ether oxygens (including phenoxy) is 1. The Hall–Kier alpha value is -3.79. The number of benzene rings is 2. The molecule has 1 saturated heterocycles. The van der Waals surface area contributed by atoms with E-state index in [1.807, 2.05) is 12.1 Å². The quantitative estimate of drug-likeness (QED) is 0.425. The maximum Gasteiger partial charge on any atom is 0.318 e. The standard InChI is InChI=1S/C26H23FN6OS/c1-4-33(21-9-10-30-14(21)2)25-18-6-5-16(19(12-29)23(18)31-26(32-25)34-3)17-7-8-20(27)24-22(17)15(11-28)13-35-24/h5-8,13-14,21,30H,4,9-10H2,1-3H3. The number of hydrogen-bond acceptors (Lipinski definition) is 8. The number of hydrogen-bond donors (Lipinski definition) is 1. The first-order chi connectivity index (χ1) is 17.0. The first-order valence-electron chi connectivity index (χ1n) is 11.4. The molecule has 1 aliphatic rings. The van der Waals surface area contributed by atoms with Gasteiger partial charge in [0.25, 0.3) is 0 Å². The molecule has 1 aliphatic heterocycles. The zero-order valence-electron chi connectivity index (χ0n) is 19.6. The third-order valence-corrected chi connectivity index (χ3v) is 7.69. The first kappa shape index (κ1) is 23.0. The molecule has 5 rings (SSSR count). The Kier molecular flexibility index (Phi) is 5.98. The fraction of sp³-hybridized carbons (Fsp3) is 0.308. The Morgan fingerprint density at radius 3 is 2.66 bits per heavy atom. The summed E-state index contributed by atoms with van der Waals surface area (Å²) in [5.41, 5.74) is 2.39. The lowest BCUT2D eigenvalue weighted by molar-refractivity contribution is 0.381. The smallest absolute Gasteiger partial charge is 0.318 e. The van der Waals surface area contributed by atoms with Gasteiger partial charge in [-0.1, -0.05) is 12.1 Å². The summed E-state index contributed by atoms with van der Waals surface area (Å²) in [5, 5.41) is 26.3. The molecule has 0 bridgehead atoms. The van der Waals surface area contributed by atoms with E-state index in [0.29, 0.717) is 37.9 Å². The first-order valence-corrected chi connectivity index (χ1v) is 12.3. The van der Waals surface area contributed by atoms with Gasteiger partial charge in [-0.25, -0.2) is 4.39 Å². The predicted molar refractivity (Wildman–Crippen MR) is 135 cm³/mol. The number of methoxy groups -OCH3 is 1. The van der Waals surface area contributed by atoms with Gasteiger partial charge in [-0.2, -0.15) is 20.5 Å². The molecule has 1 N–H and O–H groups in total. The molecule has 3 heterocycles. The van der Waals surface area contributed by atoms with Gasteiger partial charge >= 0.3 is 6.01 Å². The molecule has 1 fully saturated rings. The Morgan fingerprint density at radius 1 is 1.20 bits per heavy atom. The van der Waals surface area contributed by atoms with Crippen LogP contribution in [0.1, 0.15) is 31.4 Å². The lowest BCUT2D eigenvalue weighted by Crippen LogP contribution is -2.43. The van der Waals surface area contributed by atoms with Crippen LogP contribution in [0.25, 0.3) is 32.1 Å². The van der Waals surface area contributed by atoms with E-state index < -0.39 is 5.82 Å². The molecule has 2 unspecified atom stereocenters. The van der Waals surface area contributed by atoms with Crippen molar-refractivity contribution >= 4 is 38.1 Å². The van der Waals surface area contributed by atoms with Gasteiger partial charge in [0.05, 0.1) is 28.5 Å². The SMILES string of the molecule is CCN(c1nc(OC)nc2c(C#N)c(-c3ccc(F)c4scc(C#N)c34)ccc12)C1CCNC1C. The molecule has 2 atom stereocenters. The summed E-state index contributed by atoms with van der Waals surface area (Å²) in [4.78, 5) is 11.5. The normalized spacial score (nSPS) is 17.4. The van der Waals surface area contributed by atoms with Gasteiger partial charge in [-0.3, -0.25) is 0 Å². The van der Waals surface area contributed by atoms with Crippen molar-refractivity contribution in [1.82, 2.24) is 15.3 Å². The number of nitriles is 2. The van der Waals surface area contributed by atoms with E-state index in [1.165, 1.54) is 24.5 Å². The molecule has 35 heavy (non-hydrogen) atoms. The molecule has 2 aromatic carbocycles. The Bertz CT molecular complexity index is 1540. The minimum absolute atomic E-state index is 0.177. The van der Waals surface area contributed by atoms with E-state index in [-0.39, 0.29) is 18.1 Å². The summed E-state index contributed by atoms with van der Waals surface area (Å²) in [6.45, 7) is 5.90. The monoisotopic (exact) mass is 486 g/mol. The molecule has 0 amide bonds. The molecule has 176 valence electrons. The number of likely N-dealkylation sites (N-methyl/N-ethyl adjacent to an activating group) is 1. The number of thiophene rings is 1. The second-order valence-electron chi connectivity index (χ2n) is 8.48. The van der Waals surface area contributed by atoms with Crippen LogP contribution in [0.15, 0.2) is 29.6 Å². The third kappa shape index (κ3) is 3.65. The molecule has 0 spiro atoms. The molecular formula is C26H23FN6OS. The third-order valence-electron chi connectivity index (χ3n) is 6.70. The second kappa shape index (κ2) is 9.10. The summed E-state index contributed by atoms with van der Waals surface area (Å²) in [6, 6.07) is 11.9. The number of halogens is 1. The molecule has 7 nitrogen and oxygen atoms in total. The van der Waals surface area contributed by atoms with E-state index in [2.05, 4.69) is 41.2 Å². The summed E-state index contributed by atoms with van der Waals surface area (Å²) in [6.07, 6.45) is 0.981. The molecule has 0 radical (unpaired) electrons. The van der Waals surface area contributed by atoms with Gasteiger partial charge < -0.3 is 15.0 Å². The van der Waals surface area contributed by atoms with Crippen LogP contribution < -0.4 is 15.0 Å². The van der Waals surface area contributed by atoms with Gasteiger partial charge in [0.1, 0.15) is 23.8 Å². The molecule has 0 saturated carbocycles. The van der Waals surface area contributed by atoms with Gasteiger partial charge in [-0.05, 0) is 44.5 Å². The van der Waals surface area contributed by atoms with Gasteiger partial charge in [0.2, 0.25) is 0 Å². The van der Waals surface area contributed by atoms with Crippen molar-refractivity contribution in [2.24, 2.45) is 0 Å². The summed E-state index contributed by atoms with van der Waals surface area (Å²) in [5.74, 6) is 0.328. The summed E-state index contributed by atoms with van der Waals surface area (Å²) >= 11 is 1.18. The van der Waals surface area contributed by atoms with Crippen LogP contribution in [0.5, 0.6) is 6.01 Å². The lowest BCUT2D eigenvalue weighted by atomic mass is 9.93. The number of nitrogens with one attached hydrogen (secondary N) is 1. The number of anilines is 1. The fourth-order valence-electron chi connectivity index (χ4n) is 5.04. The zero-order valence-corrected chi connectivity index (χ0v) is 20.4. The summed E-state index contributed by atoms with van der Waals surface area (Å²) in [7, 11) is 1.50. The summed E-state index contributed by atoms with van der Waals surface area (Å²) < 4.78 is 20.3. The van der Waals surface area contributed by atoms with Crippen LogP contribution in [0.4, 0.5) is 10.2 Å². The van der Waals surface area contributed by atoms with Crippen molar-refractivity contribution in [3.63, 3.8) is 0 Å². The van der Waals surface area contributed by atoms with E-state index in [4.69, 9.17) is 9.72 Å². The lowest BCUT2D eigenvalue weighted by Gasteiger charge is -2.32. The number of aromatic nitrogens is 2. The fourth-order valence-corrected chi connectivity index (χ4v) is 5.97. The number of rotatable bonds is 5. The highest BCUT2D eigenvalue weighted by Crippen LogP contribution is 2.41. The van der Waals surface area contributed by atoms with Crippen LogP contribution >= 0.6 is 11.3 Å². The minimum atomic E-state index is -0.390. The van der Waals surface area contributed by atoms with Crippen LogP contribution in [0.2, 0.25) is 0 Å². The Balaban J connectivity index is 1.80. The largest absolute Gasteiger partial charge is 0.467 e. The van der Waals surface area contributed by atoms with Gasteiger partial charge in [0, 0.05) is 40.3 Å². The molecule has 0 aliphatic carbocycles. The predicted octanol–water partition coefficient (Wildman–Crippen LogP) is 4.98. The molecule has 9 heteroatoms. The maximum atomic E-state index is 14.5. The highest BCUT2D eigenvalue weighted by molar-refractivity contribution is 7.17. The van der Waals surface area contributed by atoms with Crippen molar-refractivity contribution in [3.8, 4) is 29.3 Å². The molecule has 2 aromatic heterocycles. The molecular weight excluding hydrogens is 463 g/mol. The zero-order chi connectivity index (χ0) is 24.7. The highest BCUT2D eigenvalue weighted by atomic mass is 32.1. The Morgan fingerprint density at radius 2 is 2.00 bits per heavy atom. The number of nitrogens with zero attached hydrogens (tertiary/aromatic N) is 5. The van der Waals surface area contributed by atoms with Crippen LogP contribution in [-0.4, -0.2) is 42.3 Å². The highest BCUT2D eigenvalue weighted by Gasteiger charge is 2.31. The van der Waals surface area contributed by atoms with Gasteiger partial charge in [0.15, 0.2) is 0 Å². The topological polar surface area (TPSA) is 97.9 Å². The maximum absolute atomic E-state index is 14.5. The average molecular weight is 487 g/mol. The molecule has 4 aromatic rings. The van der Waals surface area contributed by atoms with Crippen LogP contribution in [0.3, 0.4) is 0 Å². The van der Waals surface area contributed by atoms with Crippen LogP contribution in [-0.2, 0) is 0 Å². The van der Waals surface area contributed by atoms with E-state index >= 15 is 0 Å². The van der Waals surface area contributed by atoms with Crippen molar-refractivity contribution in [2.75, 3.05) is 25.1 Å². The van der Waals surface area contributed by atoms with Crippen LogP contribution in [0, 0.1) is 28.5 Å². The van der Waals surface area contributed by atoms with Crippen molar-refractivity contribution in [3.05, 3.63) is 46.6 Å². The van der Waals surface area contributed by atoms with Crippen molar-refractivity contribution in [2.45, 2.75) is 32.4 Å². The second-order valence-corrected chi connectivity index (χ2v) is 9.35. The minimum Gasteiger partial charge on any atom is -0.467 e.